The molecule has 1 aliphatic rings. The Balaban J connectivity index is 2.51. The van der Waals surface area contributed by atoms with E-state index in [1.807, 2.05) is 4.90 Å². The van der Waals surface area contributed by atoms with Gasteiger partial charge in [0.25, 0.3) is 0 Å². The van der Waals surface area contributed by atoms with E-state index in [0.29, 0.717) is 6.42 Å². The number of rotatable bonds is 5. The van der Waals surface area contributed by atoms with E-state index in [4.69, 9.17) is 0 Å². The van der Waals surface area contributed by atoms with Crippen LogP contribution in [-0.2, 0) is 14.3 Å². The average Bonchev–Trinajstić information content (AvgIpc) is 2.57. The maximum Gasteiger partial charge on any atom is 0.320 e. The Morgan fingerprint density at radius 2 is 1.82 bits per heavy atom. The molecule has 0 aliphatic carbocycles. The Morgan fingerprint density at radius 3 is 2.29 bits per heavy atom. The maximum absolute atomic E-state index is 11.2. The topological polar surface area (TPSA) is 66.8 Å². The molecule has 1 N–H and O–H groups in total. The van der Waals surface area contributed by atoms with Gasteiger partial charge in [-0.15, -0.1) is 0 Å². The number of hydrogen-bond donors (Lipinski definition) is 1. The van der Waals surface area contributed by atoms with Crippen LogP contribution in [0.4, 0.5) is 0 Å². The third kappa shape index (κ3) is 4.73. The minimum atomic E-state index is -0.837. The Labute approximate surface area is 102 Å². The highest BCUT2D eigenvalue weighted by atomic mass is 16.5. The summed E-state index contributed by atoms with van der Waals surface area (Å²) >= 11 is 0. The van der Waals surface area contributed by atoms with Crippen molar-refractivity contribution >= 4 is 11.9 Å². The zero-order chi connectivity index (χ0) is 12.7. The van der Waals surface area contributed by atoms with Gasteiger partial charge in [-0.3, -0.25) is 14.5 Å². The number of hydrogen-bond acceptors (Lipinski definition) is 4. The zero-order valence-corrected chi connectivity index (χ0v) is 10.4. The molecule has 0 aromatic carbocycles. The van der Waals surface area contributed by atoms with Gasteiger partial charge in [-0.2, -0.15) is 0 Å². The minimum Gasteiger partial charge on any atom is -0.480 e. The minimum absolute atomic E-state index is 0.171. The molecule has 0 radical (unpaired) electrons. The molecular formula is C12H21NO4. The van der Waals surface area contributed by atoms with Gasteiger partial charge in [0, 0.05) is 6.42 Å². The van der Waals surface area contributed by atoms with Crippen LogP contribution in [0.15, 0.2) is 0 Å². The molecule has 98 valence electrons. The number of likely N-dealkylation sites (tertiary alicyclic amines) is 1. The molecular weight excluding hydrogens is 222 g/mol. The molecule has 1 saturated heterocycles. The van der Waals surface area contributed by atoms with Crippen LogP contribution in [0.25, 0.3) is 0 Å². The number of carbonyl (C=O) groups is 2. The molecule has 1 rings (SSSR count). The second kappa shape index (κ2) is 7.27. The first-order valence-corrected chi connectivity index (χ1v) is 6.19. The highest BCUT2D eigenvalue weighted by Crippen LogP contribution is 2.16. The summed E-state index contributed by atoms with van der Waals surface area (Å²) in [4.78, 5) is 24.3. The molecule has 0 aromatic rings. The quantitative estimate of drug-likeness (QED) is 0.736. The molecule has 0 saturated carbocycles. The number of ether oxygens (including phenoxy) is 1. The van der Waals surface area contributed by atoms with Crippen LogP contribution in [0.1, 0.15) is 38.5 Å². The van der Waals surface area contributed by atoms with E-state index in [1.165, 1.54) is 20.0 Å². The first kappa shape index (κ1) is 14.0. The Morgan fingerprint density at radius 1 is 1.24 bits per heavy atom. The monoisotopic (exact) mass is 243 g/mol. The molecule has 1 unspecified atom stereocenters. The Kier molecular flexibility index (Phi) is 5.97. The highest BCUT2D eigenvalue weighted by Gasteiger charge is 2.26. The largest absolute Gasteiger partial charge is 0.480 e. The van der Waals surface area contributed by atoms with E-state index in [9.17, 15) is 14.7 Å². The van der Waals surface area contributed by atoms with E-state index in [0.717, 1.165) is 25.9 Å². The number of carboxylic acid groups (broad SMARTS) is 1. The van der Waals surface area contributed by atoms with E-state index >= 15 is 0 Å². The van der Waals surface area contributed by atoms with Crippen LogP contribution in [-0.4, -0.2) is 48.2 Å². The van der Waals surface area contributed by atoms with Crippen LogP contribution < -0.4 is 0 Å². The van der Waals surface area contributed by atoms with Crippen molar-refractivity contribution in [2.24, 2.45) is 0 Å². The first-order chi connectivity index (χ1) is 8.15. The molecule has 17 heavy (non-hydrogen) atoms. The summed E-state index contributed by atoms with van der Waals surface area (Å²) in [7, 11) is 1.32. The summed E-state index contributed by atoms with van der Waals surface area (Å²) in [5.41, 5.74) is 0. The van der Waals surface area contributed by atoms with Crippen LogP contribution in [0, 0.1) is 0 Å². The normalized spacial score (nSPS) is 19.4. The van der Waals surface area contributed by atoms with Gasteiger partial charge in [0.1, 0.15) is 6.04 Å². The zero-order valence-electron chi connectivity index (χ0n) is 10.4. The van der Waals surface area contributed by atoms with E-state index in [1.54, 1.807) is 0 Å². The van der Waals surface area contributed by atoms with Crippen LogP contribution in [0.3, 0.4) is 0 Å². The summed E-state index contributed by atoms with van der Waals surface area (Å²) in [5, 5.41) is 9.21. The molecule has 5 nitrogen and oxygen atoms in total. The van der Waals surface area contributed by atoms with Crippen molar-refractivity contribution in [3.63, 3.8) is 0 Å². The Hall–Kier alpha value is -1.10. The second-order valence-electron chi connectivity index (χ2n) is 4.42. The molecule has 1 atom stereocenters. The molecule has 1 fully saturated rings. The average molecular weight is 243 g/mol. The van der Waals surface area contributed by atoms with Gasteiger partial charge in [-0.05, 0) is 32.4 Å². The molecule has 0 aromatic heterocycles. The SMILES string of the molecule is COC(=O)CCC(C(=O)O)N1CCCCCC1. The summed E-state index contributed by atoms with van der Waals surface area (Å²) in [6, 6.07) is -0.549. The lowest BCUT2D eigenvalue weighted by Gasteiger charge is -2.26. The third-order valence-electron chi connectivity index (χ3n) is 3.22. The predicted molar refractivity (Wildman–Crippen MR) is 62.7 cm³/mol. The number of nitrogens with zero attached hydrogens (tertiary/aromatic N) is 1. The number of methoxy groups -OCH3 is 1. The predicted octanol–water partition coefficient (Wildman–Crippen LogP) is 1.27. The summed E-state index contributed by atoms with van der Waals surface area (Å²) in [5.74, 6) is -1.18. The van der Waals surface area contributed by atoms with Crippen molar-refractivity contribution in [3.05, 3.63) is 0 Å². The number of esters is 1. The fraction of sp³-hybridized carbons (Fsp3) is 0.833. The summed E-state index contributed by atoms with van der Waals surface area (Å²) < 4.78 is 4.54. The molecule has 1 aliphatic heterocycles. The molecule has 5 heteroatoms. The number of carboxylic acids is 1. The van der Waals surface area contributed by atoms with Crippen molar-refractivity contribution < 1.29 is 19.4 Å². The second-order valence-corrected chi connectivity index (χ2v) is 4.42. The standard InChI is InChI=1S/C12H21NO4/c1-17-11(14)7-6-10(12(15)16)13-8-4-2-3-5-9-13/h10H,2-9H2,1H3,(H,15,16). The molecule has 0 spiro atoms. The number of aliphatic carboxylic acids is 1. The van der Waals surface area contributed by atoms with Gasteiger partial charge in [0.15, 0.2) is 0 Å². The van der Waals surface area contributed by atoms with E-state index in [2.05, 4.69) is 4.74 Å². The summed E-state index contributed by atoms with van der Waals surface area (Å²) in [6.07, 6.45) is 4.93. The maximum atomic E-state index is 11.2. The van der Waals surface area contributed by atoms with Crippen LogP contribution >= 0.6 is 0 Å². The first-order valence-electron chi connectivity index (χ1n) is 6.19. The van der Waals surface area contributed by atoms with E-state index in [-0.39, 0.29) is 12.4 Å². The van der Waals surface area contributed by atoms with Gasteiger partial charge < -0.3 is 9.84 Å². The highest BCUT2D eigenvalue weighted by molar-refractivity contribution is 5.75. The smallest absolute Gasteiger partial charge is 0.320 e. The molecule has 0 bridgehead atoms. The third-order valence-corrected chi connectivity index (χ3v) is 3.22. The van der Waals surface area contributed by atoms with Gasteiger partial charge in [0.2, 0.25) is 0 Å². The van der Waals surface area contributed by atoms with Gasteiger partial charge >= 0.3 is 11.9 Å². The lowest BCUT2D eigenvalue weighted by molar-refractivity contribution is -0.145. The lowest BCUT2D eigenvalue weighted by atomic mass is 10.1. The fourth-order valence-electron chi connectivity index (χ4n) is 2.23. The Bertz CT molecular complexity index is 259. The van der Waals surface area contributed by atoms with Crippen molar-refractivity contribution in [3.8, 4) is 0 Å². The molecule has 0 amide bonds. The van der Waals surface area contributed by atoms with Crippen molar-refractivity contribution in [2.45, 2.75) is 44.6 Å². The van der Waals surface area contributed by atoms with Crippen molar-refractivity contribution in [1.29, 1.82) is 0 Å². The molecule has 1 heterocycles. The van der Waals surface area contributed by atoms with Gasteiger partial charge in [-0.25, -0.2) is 0 Å². The van der Waals surface area contributed by atoms with Crippen molar-refractivity contribution in [2.75, 3.05) is 20.2 Å². The van der Waals surface area contributed by atoms with Crippen molar-refractivity contribution in [1.82, 2.24) is 4.90 Å². The van der Waals surface area contributed by atoms with Gasteiger partial charge in [-0.1, -0.05) is 12.8 Å². The van der Waals surface area contributed by atoms with Gasteiger partial charge in [0.05, 0.1) is 7.11 Å². The van der Waals surface area contributed by atoms with E-state index < -0.39 is 12.0 Å². The lowest BCUT2D eigenvalue weighted by Crippen LogP contribution is -2.42. The number of carbonyl (C=O) groups excluding carboxylic acids is 1. The summed E-state index contributed by atoms with van der Waals surface area (Å²) in [6.45, 7) is 1.64. The fourth-order valence-corrected chi connectivity index (χ4v) is 2.23. The van der Waals surface area contributed by atoms with Crippen LogP contribution in [0.5, 0.6) is 0 Å². The van der Waals surface area contributed by atoms with Crippen LogP contribution in [0.2, 0.25) is 0 Å².